The molecule has 0 heterocycles. The highest BCUT2D eigenvalue weighted by molar-refractivity contribution is 5.82. The van der Waals surface area contributed by atoms with Crippen LogP contribution in [0.4, 0.5) is 0 Å². The van der Waals surface area contributed by atoms with E-state index in [1.807, 2.05) is 18.2 Å². The van der Waals surface area contributed by atoms with Crippen molar-refractivity contribution in [3.8, 4) is 0 Å². The van der Waals surface area contributed by atoms with E-state index in [4.69, 9.17) is 0 Å². The Morgan fingerprint density at radius 2 is 1.86 bits per heavy atom. The summed E-state index contributed by atoms with van der Waals surface area (Å²) < 4.78 is 0. The predicted octanol–water partition coefficient (Wildman–Crippen LogP) is 6.43. The largest absolute Gasteiger partial charge is 0.385 e. The molecule has 3 aliphatic rings. The third kappa shape index (κ3) is 3.42. The van der Waals surface area contributed by atoms with Gasteiger partial charge in [0.25, 0.3) is 0 Å². The van der Waals surface area contributed by atoms with Crippen molar-refractivity contribution in [3.05, 3.63) is 47.5 Å². The molecule has 0 bridgehead atoms. The molecule has 0 aliphatic heterocycles. The molecule has 0 saturated heterocycles. The van der Waals surface area contributed by atoms with Crippen LogP contribution in [0.5, 0.6) is 0 Å². The third-order valence-corrected chi connectivity index (χ3v) is 9.23. The van der Waals surface area contributed by atoms with Crippen molar-refractivity contribution in [2.75, 3.05) is 0 Å². The summed E-state index contributed by atoms with van der Waals surface area (Å²) >= 11 is 0. The van der Waals surface area contributed by atoms with Gasteiger partial charge in [-0.2, -0.15) is 0 Å². The van der Waals surface area contributed by atoms with Crippen molar-refractivity contribution in [2.24, 2.45) is 28.6 Å². The van der Waals surface area contributed by atoms with Crippen LogP contribution in [-0.4, -0.2) is 10.9 Å². The van der Waals surface area contributed by atoms with Gasteiger partial charge in [0.1, 0.15) is 5.78 Å². The summed E-state index contributed by atoms with van der Waals surface area (Å²) in [5.74, 6) is 2.16. The number of carbonyl (C=O) groups is 1. The number of hydrogen-bond donors (Lipinski definition) is 1. The number of hydrogen-bond acceptors (Lipinski definition) is 2. The number of allylic oxidation sites excluding steroid dienone is 1. The maximum atomic E-state index is 12.6. The molecular weight excluding hydrogens is 356 g/mol. The van der Waals surface area contributed by atoms with Crippen molar-refractivity contribution < 1.29 is 9.90 Å². The monoisotopic (exact) mass is 394 g/mol. The Hall–Kier alpha value is -1.41. The van der Waals surface area contributed by atoms with Crippen LogP contribution in [0.15, 0.2) is 42.0 Å². The summed E-state index contributed by atoms with van der Waals surface area (Å²) in [6, 6.07) is 10.2. The molecule has 0 radical (unpaired) electrons. The minimum atomic E-state index is -0.736. The topological polar surface area (TPSA) is 37.3 Å². The van der Waals surface area contributed by atoms with Crippen molar-refractivity contribution in [3.63, 3.8) is 0 Å². The summed E-state index contributed by atoms with van der Waals surface area (Å²) in [5, 5.41) is 11.5. The molecule has 1 aromatic carbocycles. The van der Waals surface area contributed by atoms with Crippen LogP contribution in [0.2, 0.25) is 0 Å². The van der Waals surface area contributed by atoms with E-state index in [1.54, 1.807) is 6.92 Å². The highest BCUT2D eigenvalue weighted by Gasteiger charge is 2.52. The Labute approximate surface area is 176 Å². The zero-order valence-electron chi connectivity index (χ0n) is 18.7. The fourth-order valence-electron chi connectivity index (χ4n) is 7.15. The molecule has 2 nitrogen and oxygen atoms in total. The molecule has 6 atom stereocenters. The number of Topliss-reactive ketones (excluding diaryl/α,β-unsaturated/α-hetero) is 1. The quantitative estimate of drug-likeness (QED) is 0.600. The van der Waals surface area contributed by atoms with Gasteiger partial charge < -0.3 is 5.11 Å². The SMILES string of the molecule is CCC1C2CC=C3CC(O)(c4ccccc4)CCC3(C)CC2CCC1(C)C(C)=O. The van der Waals surface area contributed by atoms with Crippen LogP contribution in [0.25, 0.3) is 0 Å². The lowest BCUT2D eigenvalue weighted by atomic mass is 9.54. The second-order valence-corrected chi connectivity index (χ2v) is 10.8. The number of fused-ring (bicyclic) bond motifs is 2. The van der Waals surface area contributed by atoms with Crippen LogP contribution >= 0.6 is 0 Å². The Kier molecular flexibility index (Phi) is 5.30. The van der Waals surface area contributed by atoms with Crippen LogP contribution in [0.3, 0.4) is 0 Å². The van der Waals surface area contributed by atoms with Crippen LogP contribution < -0.4 is 0 Å². The highest BCUT2D eigenvalue weighted by atomic mass is 16.3. The van der Waals surface area contributed by atoms with E-state index in [0.29, 0.717) is 23.5 Å². The molecule has 1 N–H and O–H groups in total. The first-order valence-electron chi connectivity index (χ1n) is 11.7. The second kappa shape index (κ2) is 7.38. The number of benzene rings is 1. The fourth-order valence-corrected chi connectivity index (χ4v) is 7.15. The van der Waals surface area contributed by atoms with E-state index in [0.717, 1.165) is 44.1 Å². The van der Waals surface area contributed by atoms with Gasteiger partial charge in [-0.25, -0.2) is 0 Å². The van der Waals surface area contributed by atoms with Gasteiger partial charge in [0.05, 0.1) is 5.60 Å². The number of carbonyl (C=O) groups excluding carboxylic acids is 1. The Morgan fingerprint density at radius 1 is 1.14 bits per heavy atom. The standard InChI is InChI=1S/C27H38O2/c1-5-24-23-12-11-22-18-27(29,21-9-7-6-8-10-21)16-15-25(22,3)17-20(23)13-14-26(24,4)19(2)28/h6-11,20,23-24,29H,5,12-18H2,1-4H3. The van der Waals surface area contributed by atoms with Gasteiger partial charge in [-0.3, -0.25) is 4.79 Å². The van der Waals surface area contributed by atoms with Gasteiger partial charge in [0.15, 0.2) is 0 Å². The molecule has 2 fully saturated rings. The summed E-state index contributed by atoms with van der Waals surface area (Å²) in [5.41, 5.74) is 1.82. The first-order chi connectivity index (χ1) is 13.7. The molecule has 29 heavy (non-hydrogen) atoms. The van der Waals surface area contributed by atoms with Crippen molar-refractivity contribution in [1.29, 1.82) is 0 Å². The maximum absolute atomic E-state index is 12.6. The predicted molar refractivity (Wildman–Crippen MR) is 118 cm³/mol. The van der Waals surface area contributed by atoms with Crippen molar-refractivity contribution in [2.45, 2.75) is 84.7 Å². The van der Waals surface area contributed by atoms with E-state index in [2.05, 4.69) is 39.0 Å². The molecular formula is C27H38O2. The van der Waals surface area contributed by atoms with Gasteiger partial charge in [-0.05, 0) is 74.2 Å². The fraction of sp³-hybridized carbons (Fsp3) is 0.667. The molecule has 1 aromatic rings. The van der Waals surface area contributed by atoms with E-state index >= 15 is 0 Å². The van der Waals surface area contributed by atoms with Gasteiger partial charge in [0, 0.05) is 11.8 Å². The number of ketones is 1. The van der Waals surface area contributed by atoms with Gasteiger partial charge in [0.2, 0.25) is 0 Å². The Morgan fingerprint density at radius 3 is 2.52 bits per heavy atom. The van der Waals surface area contributed by atoms with Gasteiger partial charge in [-0.15, -0.1) is 0 Å². The van der Waals surface area contributed by atoms with Gasteiger partial charge in [-0.1, -0.05) is 69.2 Å². The Balaban J connectivity index is 1.64. The minimum absolute atomic E-state index is 0.157. The summed E-state index contributed by atoms with van der Waals surface area (Å²) in [4.78, 5) is 12.6. The smallest absolute Gasteiger partial charge is 0.135 e. The number of aliphatic hydroxyl groups is 1. The first kappa shape index (κ1) is 20.8. The molecule has 0 aromatic heterocycles. The molecule has 6 unspecified atom stereocenters. The molecule has 0 spiro atoms. The zero-order valence-corrected chi connectivity index (χ0v) is 18.7. The lowest BCUT2D eigenvalue weighted by Gasteiger charge is -2.50. The molecule has 4 rings (SSSR count). The van der Waals surface area contributed by atoms with E-state index in [-0.39, 0.29) is 10.8 Å². The molecule has 3 aliphatic carbocycles. The van der Waals surface area contributed by atoms with Crippen molar-refractivity contribution in [1.82, 2.24) is 0 Å². The average molecular weight is 395 g/mol. The lowest BCUT2D eigenvalue weighted by Crippen LogP contribution is -2.46. The normalized spacial score (nSPS) is 42.2. The summed E-state index contributed by atoms with van der Waals surface area (Å²) in [7, 11) is 0. The molecule has 2 saturated carbocycles. The zero-order chi connectivity index (χ0) is 20.9. The maximum Gasteiger partial charge on any atom is 0.135 e. The van der Waals surface area contributed by atoms with E-state index < -0.39 is 5.60 Å². The molecule has 158 valence electrons. The van der Waals surface area contributed by atoms with Crippen LogP contribution in [0.1, 0.15) is 84.6 Å². The van der Waals surface area contributed by atoms with E-state index in [9.17, 15) is 9.90 Å². The Bertz CT molecular complexity index is 796. The van der Waals surface area contributed by atoms with E-state index in [1.165, 1.54) is 18.4 Å². The highest BCUT2D eigenvalue weighted by Crippen LogP contribution is 2.59. The van der Waals surface area contributed by atoms with Gasteiger partial charge >= 0.3 is 0 Å². The minimum Gasteiger partial charge on any atom is -0.385 e. The molecule has 2 heteroatoms. The summed E-state index contributed by atoms with van der Waals surface area (Å²) in [6.45, 7) is 8.74. The third-order valence-electron chi connectivity index (χ3n) is 9.23. The molecule has 0 amide bonds. The second-order valence-electron chi connectivity index (χ2n) is 10.8. The average Bonchev–Trinajstić information content (AvgIpc) is 2.85. The van der Waals surface area contributed by atoms with Crippen LogP contribution in [0, 0.1) is 28.6 Å². The lowest BCUT2D eigenvalue weighted by molar-refractivity contribution is -0.135. The van der Waals surface area contributed by atoms with Crippen molar-refractivity contribution >= 4 is 5.78 Å². The van der Waals surface area contributed by atoms with Crippen LogP contribution in [-0.2, 0) is 10.4 Å². The number of rotatable bonds is 3. The first-order valence-corrected chi connectivity index (χ1v) is 11.7. The summed E-state index contributed by atoms with van der Waals surface area (Å²) in [6.07, 6.45) is 10.7.